The Morgan fingerprint density at radius 1 is 1.32 bits per heavy atom. The lowest BCUT2D eigenvalue weighted by Crippen LogP contribution is -2.50. The molecule has 2 unspecified atom stereocenters. The highest BCUT2D eigenvalue weighted by atomic mass is 19.1. The molecule has 5 rings (SSSR count). The summed E-state index contributed by atoms with van der Waals surface area (Å²) in [5, 5.41) is 9.66. The third kappa shape index (κ3) is 4.52. The number of amides is 1. The molecule has 0 saturated carbocycles. The molecule has 9 heteroatoms. The molecule has 0 radical (unpaired) electrons. The van der Waals surface area contributed by atoms with E-state index in [0.29, 0.717) is 30.6 Å². The summed E-state index contributed by atoms with van der Waals surface area (Å²) < 4.78 is 25.8. The van der Waals surface area contributed by atoms with Crippen LogP contribution in [0.5, 0.6) is 5.75 Å². The van der Waals surface area contributed by atoms with Crippen molar-refractivity contribution in [3.8, 4) is 5.75 Å². The predicted octanol–water partition coefficient (Wildman–Crippen LogP) is 1.16. The molecule has 166 valence electrons. The maximum absolute atomic E-state index is 14.5. The van der Waals surface area contributed by atoms with Crippen molar-refractivity contribution in [2.45, 2.75) is 31.5 Å². The lowest BCUT2D eigenvalue weighted by molar-refractivity contribution is 0.130. The second kappa shape index (κ2) is 8.84. The van der Waals surface area contributed by atoms with E-state index < -0.39 is 0 Å². The topological polar surface area (TPSA) is 87.2 Å². The summed E-state index contributed by atoms with van der Waals surface area (Å²) in [6, 6.07) is 3.52. The van der Waals surface area contributed by atoms with Crippen LogP contribution >= 0.6 is 0 Å². The highest BCUT2D eigenvalue weighted by Crippen LogP contribution is 2.32. The van der Waals surface area contributed by atoms with Crippen molar-refractivity contribution in [3.63, 3.8) is 0 Å². The molecule has 3 N–H and O–H groups in total. The number of hydrogen-bond acceptors (Lipinski definition) is 7. The number of rotatable bonds is 8. The average molecular weight is 429 g/mol. The van der Waals surface area contributed by atoms with Gasteiger partial charge in [0.2, 0.25) is 0 Å². The minimum atomic E-state index is -0.352. The molecule has 8 nitrogen and oxygen atoms in total. The third-order valence-electron chi connectivity index (χ3n) is 6.20. The molecule has 0 bridgehead atoms. The Morgan fingerprint density at radius 2 is 2.23 bits per heavy atom. The molecular formula is C22H28FN5O3. The molecule has 2 fully saturated rings. The predicted molar refractivity (Wildman–Crippen MR) is 114 cm³/mol. The van der Waals surface area contributed by atoms with Crippen molar-refractivity contribution in [2.75, 3.05) is 39.3 Å². The van der Waals surface area contributed by atoms with Crippen molar-refractivity contribution >= 4 is 12.3 Å². The quantitative estimate of drug-likeness (QED) is 0.538. The Morgan fingerprint density at radius 3 is 3.00 bits per heavy atom. The van der Waals surface area contributed by atoms with Crippen molar-refractivity contribution in [3.05, 3.63) is 41.1 Å². The van der Waals surface area contributed by atoms with E-state index in [0.717, 1.165) is 56.6 Å². The number of carbonyl (C=O) groups is 1. The molecule has 31 heavy (non-hydrogen) atoms. The first-order valence-corrected chi connectivity index (χ1v) is 11.0. The molecule has 1 aliphatic carbocycles. The van der Waals surface area contributed by atoms with Crippen LogP contribution < -0.4 is 20.7 Å². The zero-order valence-corrected chi connectivity index (χ0v) is 17.4. The van der Waals surface area contributed by atoms with Crippen molar-refractivity contribution in [1.82, 2.24) is 20.9 Å². The fraction of sp³-hybridized carbons (Fsp3) is 0.545. The van der Waals surface area contributed by atoms with Crippen LogP contribution in [0, 0.1) is 11.7 Å². The maximum Gasteiger partial charge on any atom is 0.415 e. The Kier molecular flexibility index (Phi) is 5.78. The van der Waals surface area contributed by atoms with E-state index in [1.54, 1.807) is 17.3 Å². The monoisotopic (exact) mass is 429 g/mol. The lowest BCUT2D eigenvalue weighted by Gasteiger charge is -2.28. The highest BCUT2D eigenvalue weighted by molar-refractivity contribution is 5.73. The fourth-order valence-electron chi connectivity index (χ4n) is 4.45. The number of cyclic esters (lactones) is 1. The Bertz CT molecular complexity index is 901. The van der Waals surface area contributed by atoms with Gasteiger partial charge in [-0.25, -0.2) is 14.2 Å². The molecule has 3 heterocycles. The number of nitrogens with zero attached hydrogens (tertiary/aromatic N) is 2. The molecule has 2 atom stereocenters. The van der Waals surface area contributed by atoms with E-state index >= 15 is 0 Å². The molecule has 0 aromatic heterocycles. The molecule has 1 aromatic carbocycles. The zero-order chi connectivity index (χ0) is 21.2. The van der Waals surface area contributed by atoms with E-state index in [9.17, 15) is 9.18 Å². The first-order valence-electron chi connectivity index (χ1n) is 11.0. The van der Waals surface area contributed by atoms with Crippen LogP contribution in [-0.4, -0.2) is 68.7 Å². The molecule has 4 aliphatic rings. The number of halogens is 1. The molecule has 1 amide bonds. The summed E-state index contributed by atoms with van der Waals surface area (Å²) in [6.45, 7) is 4.36. The molecular weight excluding hydrogens is 401 g/mol. The van der Waals surface area contributed by atoms with Crippen molar-refractivity contribution < 1.29 is 18.7 Å². The van der Waals surface area contributed by atoms with Gasteiger partial charge >= 0.3 is 6.09 Å². The van der Waals surface area contributed by atoms with E-state index in [1.807, 2.05) is 6.07 Å². The van der Waals surface area contributed by atoms with Gasteiger partial charge in [-0.05, 0) is 55.5 Å². The minimum Gasteiger partial charge on any atom is -0.488 e. The van der Waals surface area contributed by atoms with Gasteiger partial charge in [0.05, 0.1) is 6.54 Å². The van der Waals surface area contributed by atoms with Crippen molar-refractivity contribution in [1.29, 1.82) is 0 Å². The molecule has 2 saturated heterocycles. The normalized spacial score (nSPS) is 25.0. The first-order chi connectivity index (χ1) is 15.2. The maximum atomic E-state index is 14.5. The van der Waals surface area contributed by atoms with Gasteiger partial charge < -0.3 is 25.4 Å². The summed E-state index contributed by atoms with van der Waals surface area (Å²) in [4.78, 5) is 17.9. The first kappa shape index (κ1) is 20.3. The van der Waals surface area contributed by atoms with Crippen LogP contribution in [0.25, 0.3) is 0 Å². The largest absolute Gasteiger partial charge is 0.488 e. The van der Waals surface area contributed by atoms with E-state index in [1.165, 1.54) is 6.07 Å². The number of fused-ring (bicyclic) bond motifs is 1. The van der Waals surface area contributed by atoms with Gasteiger partial charge in [-0.2, -0.15) is 0 Å². The van der Waals surface area contributed by atoms with E-state index in [4.69, 9.17) is 9.47 Å². The summed E-state index contributed by atoms with van der Waals surface area (Å²) >= 11 is 0. The summed E-state index contributed by atoms with van der Waals surface area (Å²) in [5.74, 6) is 1.43. The third-order valence-corrected chi connectivity index (χ3v) is 6.20. The fourth-order valence-corrected chi connectivity index (χ4v) is 4.45. The average Bonchev–Trinajstić information content (AvgIpc) is 3.32. The van der Waals surface area contributed by atoms with Crippen LogP contribution in [0.2, 0.25) is 0 Å². The summed E-state index contributed by atoms with van der Waals surface area (Å²) in [5.41, 5.74) is 1.88. The number of carbonyl (C=O) groups excluding carboxylic acids is 1. The number of hydrogen-bond donors (Lipinski definition) is 3. The van der Waals surface area contributed by atoms with Crippen LogP contribution in [0.4, 0.5) is 9.18 Å². The standard InChI is InChI=1S/C22H28FN5O3/c23-20-8-17(30-18-10-26-11-18)7-15-5-14(6-19(15)20)9-24-2-1-16-13-28(22(29)31-16)21-12-25-3-4-27-21/h4,7-8,12,14,16,18,24-26H,1-3,5-6,9-11,13H2. The van der Waals surface area contributed by atoms with Gasteiger partial charge in [0, 0.05) is 38.1 Å². The number of aliphatic imine (C=N–C) groups is 1. The summed E-state index contributed by atoms with van der Waals surface area (Å²) in [6.07, 6.45) is 5.43. The van der Waals surface area contributed by atoms with Gasteiger partial charge in [0.1, 0.15) is 23.8 Å². The number of benzene rings is 1. The van der Waals surface area contributed by atoms with E-state index in [-0.39, 0.29) is 24.1 Å². The number of ether oxygens (including phenoxy) is 2. The SMILES string of the molecule is O=C1OC(CCNCC2Cc3cc(OC4CNC4)cc(F)c3C2)CN1C1=CNCC=N1. The van der Waals surface area contributed by atoms with Crippen molar-refractivity contribution in [2.24, 2.45) is 10.9 Å². The molecule has 0 spiro atoms. The van der Waals surface area contributed by atoms with Crippen LogP contribution in [-0.2, 0) is 17.6 Å². The van der Waals surface area contributed by atoms with Gasteiger partial charge in [-0.1, -0.05) is 0 Å². The van der Waals surface area contributed by atoms with Gasteiger partial charge in [-0.3, -0.25) is 4.90 Å². The lowest BCUT2D eigenvalue weighted by atomic mass is 10.1. The second-order valence-electron chi connectivity index (χ2n) is 8.55. The van der Waals surface area contributed by atoms with E-state index in [2.05, 4.69) is 20.9 Å². The Hall–Kier alpha value is -2.65. The zero-order valence-electron chi connectivity index (χ0n) is 17.4. The van der Waals surface area contributed by atoms with Gasteiger partial charge in [0.25, 0.3) is 0 Å². The highest BCUT2D eigenvalue weighted by Gasteiger charge is 2.33. The van der Waals surface area contributed by atoms with Gasteiger partial charge in [0.15, 0.2) is 5.82 Å². The Balaban J connectivity index is 1.06. The molecule has 3 aliphatic heterocycles. The minimum absolute atomic E-state index is 0.148. The number of nitrogens with one attached hydrogen (secondary N) is 3. The second-order valence-corrected chi connectivity index (χ2v) is 8.55. The van der Waals surface area contributed by atoms with Crippen LogP contribution in [0.1, 0.15) is 17.5 Å². The van der Waals surface area contributed by atoms with Gasteiger partial charge in [-0.15, -0.1) is 0 Å². The Labute approximate surface area is 180 Å². The summed E-state index contributed by atoms with van der Waals surface area (Å²) in [7, 11) is 0. The molecule has 1 aromatic rings. The van der Waals surface area contributed by atoms with Crippen LogP contribution in [0.15, 0.2) is 29.1 Å². The van der Waals surface area contributed by atoms with Crippen LogP contribution in [0.3, 0.4) is 0 Å². The smallest absolute Gasteiger partial charge is 0.415 e.